The van der Waals surface area contributed by atoms with Crippen LogP contribution >= 0.6 is 0 Å². The number of nitriles is 1. The number of nitrogens with zero attached hydrogens (tertiary/aromatic N) is 5. The second kappa shape index (κ2) is 8.71. The van der Waals surface area contributed by atoms with E-state index in [4.69, 9.17) is 4.74 Å². The number of benzene rings is 1. The Kier molecular flexibility index (Phi) is 5.80. The molecule has 0 aliphatic carbocycles. The number of pyridine rings is 1. The van der Waals surface area contributed by atoms with E-state index in [1.54, 1.807) is 18.2 Å². The van der Waals surface area contributed by atoms with Gasteiger partial charge in [-0.3, -0.25) is 14.1 Å². The molecule has 0 aliphatic heterocycles. The summed E-state index contributed by atoms with van der Waals surface area (Å²) >= 11 is 0. The smallest absolute Gasteiger partial charge is 0.280 e. The molecule has 0 fully saturated rings. The van der Waals surface area contributed by atoms with Crippen LogP contribution in [0.2, 0.25) is 0 Å². The number of nitrogens with one attached hydrogen (secondary N) is 2. The van der Waals surface area contributed by atoms with Gasteiger partial charge in [0.05, 0.1) is 12.0 Å². The maximum absolute atomic E-state index is 12.7. The van der Waals surface area contributed by atoms with Crippen molar-refractivity contribution in [1.82, 2.24) is 24.5 Å². The minimum Gasteiger partial charge on any atom is -0.497 e. The number of hydrogen-bond acceptors (Lipinski definition) is 8. The molecule has 33 heavy (non-hydrogen) atoms. The van der Waals surface area contributed by atoms with E-state index in [0.29, 0.717) is 30.1 Å². The highest BCUT2D eigenvalue weighted by molar-refractivity contribution is 7.92. The van der Waals surface area contributed by atoms with E-state index in [9.17, 15) is 18.5 Å². The molecule has 1 aromatic carbocycles. The molecule has 0 unspecified atom stereocenters. The number of rotatable bonds is 7. The van der Waals surface area contributed by atoms with E-state index >= 15 is 0 Å². The normalized spacial score (nSPS) is 11.3. The Morgan fingerprint density at radius 1 is 1.24 bits per heavy atom. The lowest BCUT2D eigenvalue weighted by atomic mass is 10.3. The number of anilines is 1. The summed E-state index contributed by atoms with van der Waals surface area (Å²) in [7, 11) is -2.42. The summed E-state index contributed by atoms with van der Waals surface area (Å²) in [5.74, 6) is 0.834. The van der Waals surface area contributed by atoms with Crippen LogP contribution in [0.4, 0.5) is 5.82 Å². The van der Waals surface area contributed by atoms with Gasteiger partial charge in [0.1, 0.15) is 23.5 Å². The molecule has 168 valence electrons. The Balaban J connectivity index is 1.64. The standard InChI is InChI=1S/C21H19N7O4S/c1-3-9-28-17(11-22)24-20-18(21(28)29)25-19(26-20)13-7-8-16(23-12-13)27-33(30,31)15-6-4-5-14(10-15)32-2/h4-8,10,12H,3,9H2,1-2H3,(H,23,27)(H,25,26). The van der Waals surface area contributed by atoms with E-state index in [0.717, 1.165) is 0 Å². The summed E-state index contributed by atoms with van der Waals surface area (Å²) in [6, 6.07) is 11.1. The van der Waals surface area contributed by atoms with Crippen molar-refractivity contribution in [2.24, 2.45) is 0 Å². The van der Waals surface area contributed by atoms with Crippen molar-refractivity contribution in [2.45, 2.75) is 24.8 Å². The fourth-order valence-electron chi connectivity index (χ4n) is 3.20. The van der Waals surface area contributed by atoms with Gasteiger partial charge in [-0.25, -0.2) is 18.4 Å². The molecule has 0 saturated heterocycles. The quantitative estimate of drug-likeness (QED) is 0.421. The maximum atomic E-state index is 12.7. The fraction of sp³-hybridized carbons (Fsp3) is 0.190. The van der Waals surface area contributed by atoms with Gasteiger partial charge in [-0.05, 0) is 30.7 Å². The lowest BCUT2D eigenvalue weighted by Crippen LogP contribution is -2.24. The zero-order valence-corrected chi connectivity index (χ0v) is 18.5. The molecule has 11 nitrogen and oxygen atoms in total. The Morgan fingerprint density at radius 2 is 2.06 bits per heavy atom. The molecule has 3 heterocycles. The third kappa shape index (κ3) is 4.26. The molecule has 0 spiro atoms. The van der Waals surface area contributed by atoms with Gasteiger partial charge in [0.15, 0.2) is 11.2 Å². The lowest BCUT2D eigenvalue weighted by Gasteiger charge is -2.08. The topological polar surface area (TPSA) is 156 Å². The number of methoxy groups -OCH3 is 1. The number of H-pyrrole nitrogens is 1. The molecule has 0 amide bonds. The van der Waals surface area contributed by atoms with Crippen LogP contribution in [0.15, 0.2) is 52.3 Å². The van der Waals surface area contributed by atoms with Crippen LogP contribution in [0, 0.1) is 11.3 Å². The van der Waals surface area contributed by atoms with Gasteiger partial charge in [0.25, 0.3) is 15.6 Å². The van der Waals surface area contributed by atoms with Gasteiger partial charge in [-0.1, -0.05) is 13.0 Å². The van der Waals surface area contributed by atoms with E-state index in [-0.39, 0.29) is 33.3 Å². The van der Waals surface area contributed by atoms with Crippen LogP contribution in [-0.4, -0.2) is 40.0 Å². The van der Waals surface area contributed by atoms with Gasteiger partial charge in [-0.15, -0.1) is 0 Å². The first kappa shape index (κ1) is 22.0. The summed E-state index contributed by atoms with van der Waals surface area (Å²) in [5.41, 5.74) is 0.437. The molecule has 3 aromatic heterocycles. The molecule has 4 rings (SSSR count). The molecule has 0 saturated carbocycles. The number of ether oxygens (including phenoxy) is 1. The second-order valence-corrected chi connectivity index (χ2v) is 8.69. The lowest BCUT2D eigenvalue weighted by molar-refractivity contribution is 0.413. The van der Waals surface area contributed by atoms with Crippen LogP contribution in [0.1, 0.15) is 19.2 Å². The third-order valence-electron chi connectivity index (χ3n) is 4.79. The molecular formula is C21H19N7O4S. The predicted molar refractivity (Wildman–Crippen MR) is 120 cm³/mol. The van der Waals surface area contributed by atoms with Crippen molar-refractivity contribution >= 4 is 27.0 Å². The SMILES string of the molecule is CCCn1c(C#N)nc2nc(-c3ccc(NS(=O)(=O)c4cccc(OC)c4)nc3)[nH]c2c1=O. The van der Waals surface area contributed by atoms with E-state index in [1.807, 2.05) is 13.0 Å². The van der Waals surface area contributed by atoms with Crippen LogP contribution in [-0.2, 0) is 16.6 Å². The van der Waals surface area contributed by atoms with E-state index in [2.05, 4.69) is 24.7 Å². The van der Waals surface area contributed by atoms with E-state index < -0.39 is 10.0 Å². The molecule has 0 bridgehead atoms. The largest absolute Gasteiger partial charge is 0.497 e. The zero-order chi connectivity index (χ0) is 23.6. The van der Waals surface area contributed by atoms with Gasteiger partial charge in [0.2, 0.25) is 5.82 Å². The number of fused-ring (bicyclic) bond motifs is 1. The van der Waals surface area contributed by atoms with Gasteiger partial charge < -0.3 is 9.72 Å². The summed E-state index contributed by atoms with van der Waals surface area (Å²) in [6.45, 7) is 2.26. The van der Waals surface area contributed by atoms with Crippen LogP contribution in [0.3, 0.4) is 0 Å². The van der Waals surface area contributed by atoms with Crippen molar-refractivity contribution in [1.29, 1.82) is 5.26 Å². The molecule has 12 heteroatoms. The molecular weight excluding hydrogens is 446 g/mol. The van der Waals surface area contributed by atoms with Crippen molar-refractivity contribution in [3.63, 3.8) is 0 Å². The van der Waals surface area contributed by atoms with Gasteiger partial charge >= 0.3 is 0 Å². The monoisotopic (exact) mass is 465 g/mol. The molecule has 4 aromatic rings. The third-order valence-corrected chi connectivity index (χ3v) is 6.14. The summed E-state index contributed by atoms with van der Waals surface area (Å²) < 4.78 is 34.0. The highest BCUT2D eigenvalue weighted by atomic mass is 32.2. The zero-order valence-electron chi connectivity index (χ0n) is 17.7. The molecule has 2 N–H and O–H groups in total. The van der Waals surface area contributed by atoms with E-state index in [1.165, 1.54) is 36.1 Å². The minimum atomic E-state index is -3.87. The van der Waals surface area contributed by atoms with Crippen molar-refractivity contribution in [3.05, 3.63) is 58.8 Å². The summed E-state index contributed by atoms with van der Waals surface area (Å²) in [4.78, 5) is 28.3. The summed E-state index contributed by atoms with van der Waals surface area (Å²) in [6.07, 6.45) is 2.08. The molecule has 0 atom stereocenters. The summed E-state index contributed by atoms with van der Waals surface area (Å²) in [5, 5.41) is 9.30. The van der Waals surface area contributed by atoms with Crippen molar-refractivity contribution in [2.75, 3.05) is 11.8 Å². The van der Waals surface area contributed by atoms with Crippen LogP contribution < -0.4 is 15.0 Å². The first-order chi connectivity index (χ1) is 15.9. The number of aromatic nitrogens is 5. The minimum absolute atomic E-state index is 0.00665. The van der Waals surface area contributed by atoms with Gasteiger partial charge in [-0.2, -0.15) is 10.2 Å². The Hall–Kier alpha value is -4.24. The number of aromatic amines is 1. The average molecular weight is 465 g/mol. The Bertz CT molecular complexity index is 1530. The molecule has 0 radical (unpaired) electrons. The first-order valence-electron chi connectivity index (χ1n) is 9.90. The van der Waals surface area contributed by atoms with Crippen LogP contribution in [0.25, 0.3) is 22.6 Å². The van der Waals surface area contributed by atoms with Crippen LogP contribution in [0.5, 0.6) is 5.75 Å². The number of sulfonamides is 1. The highest BCUT2D eigenvalue weighted by Gasteiger charge is 2.17. The Labute approximate surface area is 188 Å². The maximum Gasteiger partial charge on any atom is 0.280 e. The first-order valence-corrected chi connectivity index (χ1v) is 11.4. The van der Waals surface area contributed by atoms with Gasteiger partial charge in [0, 0.05) is 24.4 Å². The fourth-order valence-corrected chi connectivity index (χ4v) is 4.24. The van der Waals surface area contributed by atoms with Crippen molar-refractivity contribution < 1.29 is 13.2 Å². The van der Waals surface area contributed by atoms with Crippen molar-refractivity contribution in [3.8, 4) is 23.2 Å². The highest BCUT2D eigenvalue weighted by Crippen LogP contribution is 2.22. The number of hydrogen-bond donors (Lipinski definition) is 2. The molecule has 0 aliphatic rings. The average Bonchev–Trinajstić information content (AvgIpc) is 3.25. The number of imidazole rings is 1. The Morgan fingerprint density at radius 3 is 2.73 bits per heavy atom. The predicted octanol–water partition coefficient (Wildman–Crippen LogP) is 2.27. The second-order valence-electron chi connectivity index (χ2n) is 7.00.